The van der Waals surface area contributed by atoms with Gasteiger partial charge in [-0.3, -0.25) is 0 Å². The summed E-state index contributed by atoms with van der Waals surface area (Å²) in [6, 6.07) is 12.5. The Morgan fingerprint density at radius 2 is 2.04 bits per heavy atom. The molecular formula is C18H18N2O3. The maximum Gasteiger partial charge on any atom is 0.213 e. The molecule has 2 aromatic rings. The zero-order valence-electron chi connectivity index (χ0n) is 13.3. The van der Waals surface area contributed by atoms with E-state index in [0.717, 1.165) is 0 Å². The third kappa shape index (κ3) is 2.51. The monoisotopic (exact) mass is 310 g/mol. The number of ether oxygens (including phenoxy) is 2. The molecule has 2 atom stereocenters. The molecule has 2 heterocycles. The standard InChI is InChI=1S/C18H18N2O3/c1-17(2)18(3,21)16(22-15-6-4-5-9-20-15)13-10-12(11-19)7-8-14(13)23-17/h4-10,16,21H,1-3H3. The Labute approximate surface area is 135 Å². The van der Waals surface area contributed by atoms with E-state index < -0.39 is 17.3 Å². The lowest BCUT2D eigenvalue weighted by Gasteiger charge is -2.48. The molecule has 0 aliphatic carbocycles. The van der Waals surface area contributed by atoms with E-state index in [4.69, 9.17) is 14.7 Å². The Morgan fingerprint density at radius 3 is 2.70 bits per heavy atom. The fraction of sp³-hybridized carbons (Fsp3) is 0.333. The van der Waals surface area contributed by atoms with E-state index >= 15 is 0 Å². The van der Waals surface area contributed by atoms with Crippen LogP contribution in [0, 0.1) is 11.3 Å². The SMILES string of the molecule is CC1(C)Oc2ccc(C#N)cc2C(Oc2ccccn2)C1(C)O. The Hall–Kier alpha value is -2.58. The highest BCUT2D eigenvalue weighted by atomic mass is 16.6. The maximum absolute atomic E-state index is 11.1. The molecule has 1 aliphatic heterocycles. The second-order valence-electron chi connectivity index (χ2n) is 6.29. The first-order valence-corrected chi connectivity index (χ1v) is 7.38. The van der Waals surface area contributed by atoms with Crippen LogP contribution in [0.15, 0.2) is 42.6 Å². The average molecular weight is 310 g/mol. The number of benzene rings is 1. The smallest absolute Gasteiger partial charge is 0.213 e. The fourth-order valence-electron chi connectivity index (χ4n) is 2.63. The van der Waals surface area contributed by atoms with Crippen molar-refractivity contribution >= 4 is 0 Å². The van der Waals surface area contributed by atoms with Gasteiger partial charge >= 0.3 is 0 Å². The summed E-state index contributed by atoms with van der Waals surface area (Å²) < 4.78 is 11.9. The minimum Gasteiger partial charge on any atom is -0.484 e. The minimum absolute atomic E-state index is 0.406. The number of pyridine rings is 1. The number of rotatable bonds is 2. The summed E-state index contributed by atoms with van der Waals surface area (Å²) in [6.45, 7) is 5.29. The second-order valence-corrected chi connectivity index (χ2v) is 6.29. The summed E-state index contributed by atoms with van der Waals surface area (Å²) in [7, 11) is 0. The lowest BCUT2D eigenvalue weighted by Crippen LogP contribution is -2.59. The first kappa shape index (κ1) is 15.3. The van der Waals surface area contributed by atoms with Crippen molar-refractivity contribution in [3.8, 4) is 17.7 Å². The molecule has 0 radical (unpaired) electrons. The van der Waals surface area contributed by atoms with Crippen LogP contribution in [0.3, 0.4) is 0 Å². The van der Waals surface area contributed by atoms with E-state index in [2.05, 4.69) is 11.1 Å². The predicted molar refractivity (Wildman–Crippen MR) is 84.1 cm³/mol. The molecule has 1 aromatic heterocycles. The van der Waals surface area contributed by atoms with Crippen molar-refractivity contribution in [2.24, 2.45) is 0 Å². The molecule has 0 saturated carbocycles. The minimum atomic E-state index is -1.31. The van der Waals surface area contributed by atoms with Gasteiger partial charge in [-0.15, -0.1) is 0 Å². The zero-order valence-corrected chi connectivity index (χ0v) is 13.3. The van der Waals surface area contributed by atoms with E-state index in [9.17, 15) is 5.11 Å². The number of fused-ring (bicyclic) bond motifs is 1. The van der Waals surface area contributed by atoms with Crippen LogP contribution in [0.5, 0.6) is 11.6 Å². The van der Waals surface area contributed by atoms with Crippen molar-refractivity contribution in [3.05, 3.63) is 53.7 Å². The Bertz CT molecular complexity index is 764. The van der Waals surface area contributed by atoms with Crippen LogP contribution in [0.1, 0.15) is 38.0 Å². The van der Waals surface area contributed by atoms with Crippen LogP contribution in [-0.2, 0) is 0 Å². The molecule has 0 bridgehead atoms. The molecule has 0 amide bonds. The Kier molecular flexibility index (Phi) is 3.50. The summed E-state index contributed by atoms with van der Waals surface area (Å²) in [6.07, 6.45) is 0.922. The molecule has 5 heteroatoms. The molecule has 118 valence electrons. The summed E-state index contributed by atoms with van der Waals surface area (Å²) >= 11 is 0. The molecule has 5 nitrogen and oxygen atoms in total. The van der Waals surface area contributed by atoms with Gasteiger partial charge in [-0.05, 0) is 45.0 Å². The summed E-state index contributed by atoms with van der Waals surface area (Å²) in [4.78, 5) is 4.16. The molecule has 1 aliphatic rings. The van der Waals surface area contributed by atoms with Crippen LogP contribution in [0.2, 0.25) is 0 Å². The van der Waals surface area contributed by atoms with Gasteiger partial charge in [0.05, 0.1) is 11.6 Å². The Balaban J connectivity index is 2.12. The van der Waals surface area contributed by atoms with Crippen molar-refractivity contribution < 1.29 is 14.6 Å². The van der Waals surface area contributed by atoms with Gasteiger partial charge in [0.2, 0.25) is 5.88 Å². The van der Waals surface area contributed by atoms with Crippen LogP contribution in [0.4, 0.5) is 0 Å². The van der Waals surface area contributed by atoms with Gasteiger partial charge in [0.1, 0.15) is 17.0 Å². The summed E-state index contributed by atoms with van der Waals surface area (Å²) in [5.74, 6) is 1.00. The van der Waals surface area contributed by atoms with Crippen LogP contribution < -0.4 is 9.47 Å². The molecule has 0 saturated heterocycles. The van der Waals surface area contributed by atoms with Gasteiger partial charge in [0.25, 0.3) is 0 Å². The highest BCUT2D eigenvalue weighted by Gasteiger charge is 2.54. The predicted octanol–water partition coefficient (Wildman–Crippen LogP) is 3.00. The van der Waals surface area contributed by atoms with Crippen molar-refractivity contribution in [1.82, 2.24) is 4.98 Å². The lowest BCUT2D eigenvalue weighted by molar-refractivity contribution is -0.175. The average Bonchev–Trinajstić information content (AvgIpc) is 2.52. The highest BCUT2D eigenvalue weighted by molar-refractivity contribution is 5.47. The number of hydrogen-bond donors (Lipinski definition) is 1. The Morgan fingerprint density at radius 1 is 1.26 bits per heavy atom. The maximum atomic E-state index is 11.1. The van der Waals surface area contributed by atoms with E-state index in [1.165, 1.54) is 0 Å². The quantitative estimate of drug-likeness (QED) is 0.923. The number of aromatic nitrogens is 1. The van der Waals surface area contributed by atoms with Crippen LogP contribution in [-0.4, -0.2) is 21.3 Å². The number of nitrogens with zero attached hydrogens (tertiary/aromatic N) is 2. The summed E-state index contributed by atoms with van der Waals surface area (Å²) in [5.41, 5.74) is -1.06. The van der Waals surface area contributed by atoms with Gasteiger partial charge in [-0.1, -0.05) is 6.07 Å². The van der Waals surface area contributed by atoms with E-state index in [0.29, 0.717) is 22.8 Å². The van der Waals surface area contributed by atoms with E-state index in [-0.39, 0.29) is 0 Å². The third-order valence-corrected chi connectivity index (χ3v) is 4.39. The first-order valence-electron chi connectivity index (χ1n) is 7.38. The van der Waals surface area contributed by atoms with Crippen LogP contribution in [0.25, 0.3) is 0 Å². The highest BCUT2D eigenvalue weighted by Crippen LogP contribution is 2.48. The third-order valence-electron chi connectivity index (χ3n) is 4.39. The van der Waals surface area contributed by atoms with Crippen molar-refractivity contribution in [1.29, 1.82) is 5.26 Å². The number of hydrogen-bond acceptors (Lipinski definition) is 5. The molecule has 23 heavy (non-hydrogen) atoms. The van der Waals surface area contributed by atoms with Gasteiger partial charge in [0.15, 0.2) is 6.10 Å². The van der Waals surface area contributed by atoms with E-state index in [1.54, 1.807) is 43.5 Å². The van der Waals surface area contributed by atoms with Crippen molar-refractivity contribution in [3.63, 3.8) is 0 Å². The largest absolute Gasteiger partial charge is 0.484 e. The normalized spacial score (nSPS) is 24.9. The van der Waals surface area contributed by atoms with Gasteiger partial charge in [-0.2, -0.15) is 5.26 Å². The topological polar surface area (TPSA) is 75.4 Å². The van der Waals surface area contributed by atoms with Crippen molar-refractivity contribution in [2.75, 3.05) is 0 Å². The zero-order chi connectivity index (χ0) is 16.7. The first-order chi connectivity index (χ1) is 10.8. The number of aliphatic hydroxyl groups is 1. The summed E-state index contributed by atoms with van der Waals surface area (Å²) in [5, 5.41) is 20.2. The molecule has 1 aromatic carbocycles. The molecule has 0 spiro atoms. The van der Waals surface area contributed by atoms with Gasteiger partial charge < -0.3 is 14.6 Å². The fourth-order valence-corrected chi connectivity index (χ4v) is 2.63. The molecule has 3 rings (SSSR count). The second kappa shape index (κ2) is 5.25. The van der Waals surface area contributed by atoms with Gasteiger partial charge in [-0.25, -0.2) is 4.98 Å². The molecule has 1 N–H and O–H groups in total. The molecule has 2 unspecified atom stereocenters. The number of nitriles is 1. The van der Waals surface area contributed by atoms with Gasteiger partial charge in [0, 0.05) is 17.8 Å². The van der Waals surface area contributed by atoms with Crippen LogP contribution >= 0.6 is 0 Å². The lowest BCUT2D eigenvalue weighted by atomic mass is 9.77. The molecular weight excluding hydrogens is 292 g/mol. The van der Waals surface area contributed by atoms with Crippen molar-refractivity contribution in [2.45, 2.75) is 38.1 Å². The molecule has 0 fully saturated rings. The van der Waals surface area contributed by atoms with E-state index in [1.807, 2.05) is 19.9 Å².